The number of esters is 1. The summed E-state index contributed by atoms with van der Waals surface area (Å²) in [6.07, 6.45) is 0. The second-order valence-electron chi connectivity index (χ2n) is 5.45. The van der Waals surface area contributed by atoms with Gasteiger partial charge < -0.3 is 10.5 Å². The number of nitrogen functional groups attached to an aromatic ring is 1. The Bertz CT molecular complexity index is 657. The molecule has 1 aliphatic heterocycles. The van der Waals surface area contributed by atoms with Crippen molar-refractivity contribution in [2.45, 2.75) is 18.7 Å². The molecule has 0 aromatic heterocycles. The molecule has 2 N–H and O–H groups in total. The van der Waals surface area contributed by atoms with E-state index in [-0.39, 0.29) is 23.3 Å². The summed E-state index contributed by atoms with van der Waals surface area (Å²) in [6.45, 7) is 4.11. The molecular formula is C14H20N2O4S. The van der Waals surface area contributed by atoms with Crippen LogP contribution in [0.5, 0.6) is 0 Å². The van der Waals surface area contributed by atoms with Crippen molar-refractivity contribution < 1.29 is 17.9 Å². The van der Waals surface area contributed by atoms with Crippen LogP contribution in [-0.4, -0.2) is 38.9 Å². The van der Waals surface area contributed by atoms with Crippen molar-refractivity contribution in [1.29, 1.82) is 0 Å². The molecule has 0 spiro atoms. The summed E-state index contributed by atoms with van der Waals surface area (Å²) in [5.74, 6) is -0.869. The molecule has 1 fully saturated rings. The largest absolute Gasteiger partial charge is 0.469 e. The van der Waals surface area contributed by atoms with Crippen LogP contribution in [-0.2, 0) is 19.6 Å². The van der Waals surface area contributed by atoms with E-state index in [4.69, 9.17) is 10.5 Å². The van der Waals surface area contributed by atoms with E-state index in [9.17, 15) is 13.2 Å². The molecule has 116 valence electrons. The van der Waals surface area contributed by atoms with Gasteiger partial charge in [0.1, 0.15) is 0 Å². The Morgan fingerprint density at radius 3 is 2.62 bits per heavy atom. The number of carbonyl (C=O) groups excluding carboxylic acids is 1. The first-order valence-electron chi connectivity index (χ1n) is 6.71. The van der Waals surface area contributed by atoms with Crippen molar-refractivity contribution in [2.75, 3.05) is 25.9 Å². The van der Waals surface area contributed by atoms with Crippen molar-refractivity contribution >= 4 is 21.7 Å². The summed E-state index contributed by atoms with van der Waals surface area (Å²) >= 11 is 0. The zero-order chi connectivity index (χ0) is 15.8. The molecule has 0 amide bonds. The monoisotopic (exact) mass is 312 g/mol. The molecule has 6 nitrogen and oxygen atoms in total. The van der Waals surface area contributed by atoms with Crippen LogP contribution in [0.4, 0.5) is 5.69 Å². The maximum absolute atomic E-state index is 12.6. The third-order valence-electron chi connectivity index (χ3n) is 3.97. The van der Waals surface area contributed by atoms with Gasteiger partial charge in [-0.25, -0.2) is 8.42 Å². The molecule has 21 heavy (non-hydrogen) atoms. The lowest BCUT2D eigenvalue weighted by molar-refractivity contribution is -0.145. The Balaban J connectivity index is 2.29. The third kappa shape index (κ3) is 2.89. The minimum Gasteiger partial charge on any atom is -0.469 e. The summed E-state index contributed by atoms with van der Waals surface area (Å²) in [5.41, 5.74) is 7.05. The summed E-state index contributed by atoms with van der Waals surface area (Å²) < 4.78 is 31.3. The number of ether oxygens (including phenoxy) is 1. The molecular weight excluding hydrogens is 292 g/mol. The lowest BCUT2D eigenvalue weighted by Crippen LogP contribution is -2.30. The zero-order valence-corrected chi connectivity index (χ0v) is 13.2. The topological polar surface area (TPSA) is 89.7 Å². The van der Waals surface area contributed by atoms with Crippen LogP contribution in [0, 0.1) is 18.8 Å². The van der Waals surface area contributed by atoms with E-state index < -0.39 is 15.9 Å². The molecule has 2 atom stereocenters. The average molecular weight is 312 g/mol. The van der Waals surface area contributed by atoms with Crippen LogP contribution in [0.2, 0.25) is 0 Å². The molecule has 1 aliphatic rings. The van der Waals surface area contributed by atoms with Crippen molar-refractivity contribution in [1.82, 2.24) is 4.31 Å². The van der Waals surface area contributed by atoms with E-state index in [2.05, 4.69) is 0 Å². The van der Waals surface area contributed by atoms with Gasteiger partial charge in [-0.05, 0) is 30.5 Å². The first-order valence-corrected chi connectivity index (χ1v) is 8.15. The second kappa shape index (κ2) is 5.65. The summed E-state index contributed by atoms with van der Waals surface area (Å²) in [5, 5.41) is 0. The van der Waals surface area contributed by atoms with Gasteiger partial charge in [0.2, 0.25) is 10.0 Å². The third-order valence-corrected chi connectivity index (χ3v) is 5.80. The molecule has 1 saturated heterocycles. The number of rotatable bonds is 3. The number of hydrogen-bond donors (Lipinski definition) is 1. The van der Waals surface area contributed by atoms with Crippen LogP contribution in [0.15, 0.2) is 23.1 Å². The van der Waals surface area contributed by atoms with E-state index in [0.29, 0.717) is 12.2 Å². The van der Waals surface area contributed by atoms with Gasteiger partial charge >= 0.3 is 5.97 Å². The lowest BCUT2D eigenvalue weighted by Gasteiger charge is -2.17. The van der Waals surface area contributed by atoms with E-state index in [1.54, 1.807) is 6.07 Å². The molecule has 7 heteroatoms. The Morgan fingerprint density at radius 2 is 2.05 bits per heavy atom. The molecule has 0 radical (unpaired) electrons. The minimum absolute atomic E-state index is 0.0741. The number of nitrogens with zero attached hydrogens (tertiary/aromatic N) is 1. The molecule has 2 rings (SSSR count). The van der Waals surface area contributed by atoms with E-state index in [0.717, 1.165) is 5.56 Å². The van der Waals surface area contributed by atoms with Crippen LogP contribution in [0.25, 0.3) is 0 Å². The maximum Gasteiger partial charge on any atom is 0.310 e. The smallest absolute Gasteiger partial charge is 0.310 e. The first kappa shape index (κ1) is 15.8. The molecule has 1 aromatic rings. The van der Waals surface area contributed by atoms with Crippen LogP contribution in [0.1, 0.15) is 12.5 Å². The lowest BCUT2D eigenvalue weighted by atomic mass is 9.99. The normalized spacial score (nSPS) is 23.2. The van der Waals surface area contributed by atoms with Gasteiger partial charge in [-0.3, -0.25) is 4.79 Å². The zero-order valence-electron chi connectivity index (χ0n) is 12.4. The minimum atomic E-state index is -3.64. The maximum atomic E-state index is 12.6. The van der Waals surface area contributed by atoms with Crippen molar-refractivity contribution in [3.8, 4) is 0 Å². The SMILES string of the molecule is COC(=O)C1CN(S(=O)(=O)c2ccc(C)c(N)c2)CC1C. The second-order valence-corrected chi connectivity index (χ2v) is 7.39. The van der Waals surface area contributed by atoms with E-state index in [1.165, 1.54) is 23.5 Å². The standard InChI is InChI=1S/C14H20N2O4S/c1-9-4-5-11(6-13(9)15)21(18,19)16-7-10(2)12(8-16)14(17)20-3/h4-6,10,12H,7-8,15H2,1-3H3. The van der Waals surface area contributed by atoms with Gasteiger partial charge in [-0.1, -0.05) is 13.0 Å². The summed E-state index contributed by atoms with van der Waals surface area (Å²) in [4.78, 5) is 11.8. The molecule has 0 bridgehead atoms. The number of anilines is 1. The molecule has 1 aromatic carbocycles. The Hall–Kier alpha value is -1.60. The predicted molar refractivity (Wildman–Crippen MR) is 79.0 cm³/mol. The molecule has 2 unspecified atom stereocenters. The quantitative estimate of drug-likeness (QED) is 0.664. The number of methoxy groups -OCH3 is 1. The number of hydrogen-bond acceptors (Lipinski definition) is 5. The fourth-order valence-electron chi connectivity index (χ4n) is 2.50. The van der Waals surface area contributed by atoms with Gasteiger partial charge in [0, 0.05) is 18.8 Å². The number of nitrogens with two attached hydrogens (primary N) is 1. The fraction of sp³-hybridized carbons (Fsp3) is 0.500. The number of aryl methyl sites for hydroxylation is 1. The van der Waals surface area contributed by atoms with E-state index >= 15 is 0 Å². The highest BCUT2D eigenvalue weighted by Crippen LogP contribution is 2.30. The van der Waals surface area contributed by atoms with Gasteiger partial charge in [0.15, 0.2) is 0 Å². The molecule has 0 saturated carbocycles. The first-order chi connectivity index (χ1) is 9.77. The summed E-state index contributed by atoms with van der Waals surface area (Å²) in [7, 11) is -2.33. The predicted octanol–water partition coefficient (Wildman–Crippen LogP) is 1.01. The number of sulfonamides is 1. The molecule has 0 aliphatic carbocycles. The van der Waals surface area contributed by atoms with Crippen molar-refractivity contribution in [3.05, 3.63) is 23.8 Å². The number of carbonyl (C=O) groups is 1. The Labute approximate surface area is 124 Å². The Kier molecular flexibility index (Phi) is 4.25. The number of benzene rings is 1. The fourth-order valence-corrected chi connectivity index (χ4v) is 4.11. The van der Waals surface area contributed by atoms with Gasteiger partial charge in [-0.15, -0.1) is 0 Å². The van der Waals surface area contributed by atoms with Gasteiger partial charge in [0.25, 0.3) is 0 Å². The average Bonchev–Trinajstić information content (AvgIpc) is 2.83. The van der Waals surface area contributed by atoms with Crippen LogP contribution < -0.4 is 5.73 Å². The highest BCUT2D eigenvalue weighted by atomic mass is 32.2. The van der Waals surface area contributed by atoms with Crippen molar-refractivity contribution in [3.63, 3.8) is 0 Å². The van der Waals surface area contributed by atoms with Crippen molar-refractivity contribution in [2.24, 2.45) is 11.8 Å². The van der Waals surface area contributed by atoms with Crippen LogP contribution >= 0.6 is 0 Å². The van der Waals surface area contributed by atoms with Crippen LogP contribution in [0.3, 0.4) is 0 Å². The highest BCUT2D eigenvalue weighted by molar-refractivity contribution is 7.89. The highest BCUT2D eigenvalue weighted by Gasteiger charge is 2.41. The Morgan fingerprint density at radius 1 is 1.38 bits per heavy atom. The van der Waals surface area contributed by atoms with Gasteiger partial charge in [0.05, 0.1) is 17.9 Å². The molecule has 1 heterocycles. The summed E-state index contributed by atoms with van der Waals surface area (Å²) in [6, 6.07) is 4.68. The van der Waals surface area contributed by atoms with E-state index in [1.807, 2.05) is 13.8 Å². The van der Waals surface area contributed by atoms with Gasteiger partial charge in [-0.2, -0.15) is 4.31 Å².